The van der Waals surface area contributed by atoms with Gasteiger partial charge in [0.25, 0.3) is 0 Å². The number of nitrogens with two attached hydrogens (primary N) is 1. The predicted molar refractivity (Wildman–Crippen MR) is 65.5 cm³/mol. The molecule has 0 aliphatic rings. The molecule has 6 heteroatoms. The Labute approximate surface area is 106 Å². The van der Waals surface area contributed by atoms with Crippen molar-refractivity contribution in [2.24, 2.45) is 0 Å². The van der Waals surface area contributed by atoms with E-state index in [0.29, 0.717) is 0 Å². The molecule has 3 N–H and O–H groups in total. The zero-order chi connectivity index (χ0) is 13.3. The van der Waals surface area contributed by atoms with Gasteiger partial charge in [-0.15, -0.1) is 0 Å². The van der Waals surface area contributed by atoms with Gasteiger partial charge in [-0.1, -0.05) is 17.7 Å². The van der Waals surface area contributed by atoms with Gasteiger partial charge in [-0.2, -0.15) is 0 Å². The summed E-state index contributed by atoms with van der Waals surface area (Å²) in [7, 11) is 0. The molecule has 2 aromatic rings. The van der Waals surface area contributed by atoms with Gasteiger partial charge in [0.2, 0.25) is 0 Å². The van der Waals surface area contributed by atoms with Crippen molar-refractivity contribution in [3.63, 3.8) is 0 Å². The zero-order valence-electron chi connectivity index (χ0n) is 8.98. The molecule has 2 nitrogen and oxygen atoms in total. The van der Waals surface area contributed by atoms with Crippen molar-refractivity contribution in [2.45, 2.75) is 0 Å². The summed E-state index contributed by atoms with van der Waals surface area (Å²) in [4.78, 5) is 0. The Kier molecular flexibility index (Phi) is 3.34. The number of benzene rings is 2. The zero-order valence-corrected chi connectivity index (χ0v) is 9.73. The van der Waals surface area contributed by atoms with E-state index in [1.165, 1.54) is 18.2 Å². The van der Waals surface area contributed by atoms with Crippen LogP contribution in [0, 0.1) is 17.5 Å². The molecule has 0 heterocycles. The number of rotatable bonds is 2. The maximum Gasteiger partial charge on any atom is 0.184 e. The van der Waals surface area contributed by atoms with Crippen LogP contribution in [0.2, 0.25) is 5.02 Å². The van der Waals surface area contributed by atoms with Crippen molar-refractivity contribution in [3.05, 3.63) is 52.8 Å². The second-order valence-electron chi connectivity index (χ2n) is 3.55. The van der Waals surface area contributed by atoms with Gasteiger partial charge < -0.3 is 11.1 Å². The summed E-state index contributed by atoms with van der Waals surface area (Å²) in [6.07, 6.45) is 0. The smallest absolute Gasteiger partial charge is 0.184 e. The van der Waals surface area contributed by atoms with Crippen LogP contribution in [0.25, 0.3) is 0 Å². The number of anilines is 3. The first kappa shape index (κ1) is 12.6. The molecule has 0 radical (unpaired) electrons. The highest BCUT2D eigenvalue weighted by atomic mass is 35.5. The lowest BCUT2D eigenvalue weighted by atomic mass is 10.2. The molecule has 0 saturated carbocycles. The topological polar surface area (TPSA) is 38.0 Å². The Morgan fingerprint density at radius 1 is 0.944 bits per heavy atom. The third kappa shape index (κ3) is 2.22. The molecule has 0 aliphatic carbocycles. The molecule has 0 aliphatic heterocycles. The van der Waals surface area contributed by atoms with Gasteiger partial charge in [-0.25, -0.2) is 13.2 Å². The maximum atomic E-state index is 13.5. The molecule has 0 bridgehead atoms. The molecule has 0 saturated heterocycles. The highest BCUT2D eigenvalue weighted by molar-refractivity contribution is 6.33. The average Bonchev–Trinajstić information content (AvgIpc) is 2.33. The van der Waals surface area contributed by atoms with Crippen LogP contribution in [0.15, 0.2) is 30.3 Å². The first-order valence-electron chi connectivity index (χ1n) is 4.95. The Morgan fingerprint density at radius 3 is 2.33 bits per heavy atom. The van der Waals surface area contributed by atoms with Gasteiger partial charge in [-0.05, 0) is 24.3 Å². The van der Waals surface area contributed by atoms with Crippen LogP contribution < -0.4 is 11.1 Å². The first-order chi connectivity index (χ1) is 8.50. The minimum atomic E-state index is -1.19. The third-order valence-corrected chi connectivity index (χ3v) is 2.65. The van der Waals surface area contributed by atoms with Crippen LogP contribution in [0.3, 0.4) is 0 Å². The molecule has 94 valence electrons. The van der Waals surface area contributed by atoms with E-state index >= 15 is 0 Å². The van der Waals surface area contributed by atoms with Crippen molar-refractivity contribution < 1.29 is 13.2 Å². The SMILES string of the molecule is Nc1ccc(F)c(F)c1Nc1c(F)cccc1Cl. The fourth-order valence-electron chi connectivity index (χ4n) is 1.43. The summed E-state index contributed by atoms with van der Waals surface area (Å²) < 4.78 is 40.1. The quantitative estimate of drug-likeness (QED) is 0.808. The number of halogens is 4. The van der Waals surface area contributed by atoms with Gasteiger partial charge in [0.1, 0.15) is 11.5 Å². The molecule has 2 aromatic carbocycles. The van der Waals surface area contributed by atoms with Gasteiger partial charge in [0, 0.05) is 0 Å². The van der Waals surface area contributed by atoms with Crippen molar-refractivity contribution >= 4 is 28.7 Å². The van der Waals surface area contributed by atoms with Crippen LogP contribution >= 0.6 is 11.6 Å². The van der Waals surface area contributed by atoms with Crippen LogP contribution in [-0.2, 0) is 0 Å². The molecule has 0 fully saturated rings. The Bertz CT molecular complexity index is 582. The molecular formula is C12H8ClF3N2. The Morgan fingerprint density at radius 2 is 1.67 bits per heavy atom. The van der Waals surface area contributed by atoms with E-state index in [9.17, 15) is 13.2 Å². The van der Waals surface area contributed by atoms with E-state index in [1.54, 1.807) is 0 Å². The average molecular weight is 273 g/mol. The van der Waals surface area contributed by atoms with E-state index in [4.69, 9.17) is 17.3 Å². The summed E-state index contributed by atoms with van der Waals surface area (Å²) in [5, 5.41) is 2.41. The third-order valence-electron chi connectivity index (χ3n) is 2.34. The van der Waals surface area contributed by atoms with E-state index < -0.39 is 17.5 Å². The van der Waals surface area contributed by atoms with Crippen LogP contribution in [0.4, 0.5) is 30.2 Å². The summed E-state index contributed by atoms with van der Waals surface area (Å²) >= 11 is 5.76. The van der Waals surface area contributed by atoms with Gasteiger partial charge in [0.05, 0.1) is 16.4 Å². The summed E-state index contributed by atoms with van der Waals surface area (Å²) in [6.45, 7) is 0. The molecule has 18 heavy (non-hydrogen) atoms. The summed E-state index contributed by atoms with van der Waals surface area (Å²) in [5.74, 6) is -2.96. The monoisotopic (exact) mass is 272 g/mol. The lowest BCUT2D eigenvalue weighted by molar-refractivity contribution is 0.512. The second-order valence-corrected chi connectivity index (χ2v) is 3.95. The van der Waals surface area contributed by atoms with Crippen LogP contribution in [0.1, 0.15) is 0 Å². The van der Waals surface area contributed by atoms with Gasteiger partial charge in [0.15, 0.2) is 11.6 Å². The number of para-hydroxylation sites is 1. The standard InChI is InChI=1S/C12H8ClF3N2/c13-6-2-1-3-8(15)11(6)18-12-9(17)5-4-7(14)10(12)16/h1-5,18H,17H2. The Hall–Kier alpha value is -1.88. The normalized spacial score (nSPS) is 10.4. The molecular weight excluding hydrogens is 265 g/mol. The largest absolute Gasteiger partial charge is 0.397 e. The van der Waals surface area contributed by atoms with Crippen molar-refractivity contribution in [1.29, 1.82) is 0 Å². The summed E-state index contributed by atoms with van der Waals surface area (Å²) in [6, 6.07) is 6.02. The van der Waals surface area contributed by atoms with Crippen LogP contribution in [-0.4, -0.2) is 0 Å². The molecule has 0 unspecified atom stereocenters. The summed E-state index contributed by atoms with van der Waals surface area (Å²) in [5.41, 5.74) is 4.95. The molecule has 0 atom stereocenters. The van der Waals surface area contributed by atoms with E-state index in [-0.39, 0.29) is 22.1 Å². The minimum absolute atomic E-state index is 0.0399. The minimum Gasteiger partial charge on any atom is -0.397 e. The maximum absolute atomic E-state index is 13.5. The van der Waals surface area contributed by atoms with Gasteiger partial charge in [-0.3, -0.25) is 0 Å². The number of hydrogen-bond donors (Lipinski definition) is 2. The van der Waals surface area contributed by atoms with Crippen molar-refractivity contribution in [3.8, 4) is 0 Å². The molecule has 0 amide bonds. The number of hydrogen-bond acceptors (Lipinski definition) is 2. The van der Waals surface area contributed by atoms with Crippen molar-refractivity contribution in [1.82, 2.24) is 0 Å². The fourth-order valence-corrected chi connectivity index (χ4v) is 1.65. The van der Waals surface area contributed by atoms with Crippen LogP contribution in [0.5, 0.6) is 0 Å². The second kappa shape index (κ2) is 4.78. The lowest BCUT2D eigenvalue weighted by Crippen LogP contribution is -2.03. The van der Waals surface area contributed by atoms with Crippen molar-refractivity contribution in [2.75, 3.05) is 11.1 Å². The number of nitrogens with one attached hydrogen (secondary N) is 1. The fraction of sp³-hybridized carbons (Fsp3) is 0. The lowest BCUT2D eigenvalue weighted by Gasteiger charge is -2.12. The van der Waals surface area contributed by atoms with Gasteiger partial charge >= 0.3 is 0 Å². The molecule has 0 spiro atoms. The van der Waals surface area contributed by atoms with E-state index in [2.05, 4.69) is 5.32 Å². The number of nitrogen functional groups attached to an aromatic ring is 1. The predicted octanol–water partition coefficient (Wildman–Crippen LogP) is 4.08. The highest BCUT2D eigenvalue weighted by Gasteiger charge is 2.15. The van der Waals surface area contributed by atoms with E-state index in [1.807, 2.05) is 0 Å². The molecule has 2 rings (SSSR count). The molecule has 0 aromatic heterocycles. The Balaban J connectivity index is 2.50. The highest BCUT2D eigenvalue weighted by Crippen LogP contribution is 2.32. The van der Waals surface area contributed by atoms with E-state index in [0.717, 1.165) is 12.1 Å². The first-order valence-corrected chi connectivity index (χ1v) is 5.33.